The van der Waals surface area contributed by atoms with E-state index in [1.165, 1.54) is 25.1 Å². The second-order valence-corrected chi connectivity index (χ2v) is 2.62. The quantitative estimate of drug-likeness (QED) is 0.728. The second kappa shape index (κ2) is 5.80. The van der Waals surface area contributed by atoms with Crippen LogP contribution in [0, 0.1) is 0 Å². The summed E-state index contributed by atoms with van der Waals surface area (Å²) in [6.45, 7) is 5.31. The number of ketones is 1. The first-order valence-electron chi connectivity index (χ1n) is 4.66. The highest BCUT2D eigenvalue weighted by molar-refractivity contribution is 6.03. The molecule has 0 aliphatic heterocycles. The molecule has 0 aliphatic rings. The molecule has 3 N–H and O–H groups in total. The molecule has 0 saturated carbocycles. The van der Waals surface area contributed by atoms with E-state index >= 15 is 0 Å². The number of para-hydroxylation sites is 1. The van der Waals surface area contributed by atoms with Crippen molar-refractivity contribution in [3.05, 3.63) is 29.3 Å². The molecule has 0 radical (unpaired) electrons. The third-order valence-electron chi connectivity index (χ3n) is 1.68. The third-order valence-corrected chi connectivity index (χ3v) is 1.68. The molecule has 82 valence electrons. The van der Waals surface area contributed by atoms with Gasteiger partial charge in [-0.3, -0.25) is 9.59 Å². The van der Waals surface area contributed by atoms with E-state index in [1.807, 2.05) is 13.8 Å². The van der Waals surface area contributed by atoms with Gasteiger partial charge in [-0.05, 0) is 19.1 Å². The van der Waals surface area contributed by atoms with E-state index in [-0.39, 0.29) is 22.7 Å². The molecule has 0 spiro atoms. The highest BCUT2D eigenvalue weighted by Crippen LogP contribution is 2.21. The molecule has 0 saturated heterocycles. The number of benzene rings is 1. The molecule has 0 aromatic heterocycles. The molecule has 1 aromatic rings. The van der Waals surface area contributed by atoms with Gasteiger partial charge in [0.2, 0.25) is 0 Å². The van der Waals surface area contributed by atoms with Crippen LogP contribution in [0.1, 0.15) is 41.5 Å². The number of phenols is 1. The monoisotopic (exact) mass is 209 g/mol. The fourth-order valence-corrected chi connectivity index (χ4v) is 1.03. The van der Waals surface area contributed by atoms with Crippen molar-refractivity contribution in [3.8, 4) is 5.75 Å². The van der Waals surface area contributed by atoms with Crippen LogP contribution in [0.4, 0.5) is 0 Å². The van der Waals surface area contributed by atoms with E-state index < -0.39 is 5.91 Å². The van der Waals surface area contributed by atoms with Gasteiger partial charge >= 0.3 is 0 Å². The van der Waals surface area contributed by atoms with E-state index in [9.17, 15) is 14.7 Å². The molecule has 0 aliphatic carbocycles. The molecule has 15 heavy (non-hydrogen) atoms. The van der Waals surface area contributed by atoms with Gasteiger partial charge in [-0.2, -0.15) is 0 Å². The minimum Gasteiger partial charge on any atom is -0.506 e. The molecule has 1 amide bonds. The molecular formula is C11H15NO3. The van der Waals surface area contributed by atoms with Crippen LogP contribution < -0.4 is 5.73 Å². The zero-order chi connectivity index (χ0) is 12.0. The Hall–Kier alpha value is -1.84. The van der Waals surface area contributed by atoms with E-state index in [1.54, 1.807) is 0 Å². The summed E-state index contributed by atoms with van der Waals surface area (Å²) in [5.74, 6) is -1.40. The summed E-state index contributed by atoms with van der Waals surface area (Å²) in [4.78, 5) is 21.7. The Labute approximate surface area is 88.7 Å². The number of nitrogens with two attached hydrogens (primary N) is 1. The van der Waals surface area contributed by atoms with Crippen molar-refractivity contribution >= 4 is 11.7 Å². The van der Waals surface area contributed by atoms with Gasteiger partial charge in [0.25, 0.3) is 5.91 Å². The molecular weight excluding hydrogens is 194 g/mol. The van der Waals surface area contributed by atoms with Crippen LogP contribution in [0.5, 0.6) is 5.75 Å². The van der Waals surface area contributed by atoms with Crippen LogP contribution in [-0.4, -0.2) is 16.8 Å². The number of carbonyl (C=O) groups is 2. The van der Waals surface area contributed by atoms with Gasteiger partial charge in [-0.15, -0.1) is 0 Å². The zero-order valence-electron chi connectivity index (χ0n) is 9.07. The van der Waals surface area contributed by atoms with Gasteiger partial charge in [0.05, 0.1) is 11.1 Å². The van der Waals surface area contributed by atoms with Crippen molar-refractivity contribution in [2.45, 2.75) is 20.8 Å². The number of aromatic hydroxyl groups is 1. The summed E-state index contributed by atoms with van der Waals surface area (Å²) in [6, 6.07) is 4.30. The lowest BCUT2D eigenvalue weighted by molar-refractivity contribution is 0.0997. The van der Waals surface area contributed by atoms with E-state index in [2.05, 4.69) is 0 Å². The first-order chi connectivity index (χ1) is 7.04. The molecule has 0 atom stereocenters. The Balaban J connectivity index is 0.000000921. The minimum atomic E-state index is -0.749. The predicted octanol–water partition coefficient (Wildman–Crippen LogP) is 1.72. The Kier molecular flexibility index (Phi) is 5.09. The summed E-state index contributed by atoms with van der Waals surface area (Å²) >= 11 is 0. The number of amides is 1. The summed E-state index contributed by atoms with van der Waals surface area (Å²) in [7, 11) is 0. The van der Waals surface area contributed by atoms with Gasteiger partial charge in [0.15, 0.2) is 5.78 Å². The van der Waals surface area contributed by atoms with E-state index in [0.29, 0.717) is 0 Å². The molecule has 1 rings (SSSR count). The third kappa shape index (κ3) is 3.09. The fraction of sp³-hybridized carbons (Fsp3) is 0.273. The molecule has 0 unspecified atom stereocenters. The lowest BCUT2D eigenvalue weighted by Gasteiger charge is -2.03. The average molecular weight is 209 g/mol. The normalized spacial score (nSPS) is 8.73. The number of carbonyl (C=O) groups excluding carboxylic acids is 2. The Morgan fingerprint density at radius 3 is 2.07 bits per heavy atom. The smallest absolute Gasteiger partial charge is 0.252 e. The average Bonchev–Trinajstić information content (AvgIpc) is 2.20. The van der Waals surface area contributed by atoms with Crippen LogP contribution in [0.15, 0.2) is 18.2 Å². The lowest BCUT2D eigenvalue weighted by Crippen LogP contribution is -2.12. The summed E-state index contributed by atoms with van der Waals surface area (Å²) in [6.07, 6.45) is 0. The molecule has 0 fully saturated rings. The van der Waals surface area contributed by atoms with Crippen LogP contribution in [0.2, 0.25) is 0 Å². The van der Waals surface area contributed by atoms with Gasteiger partial charge in [-0.25, -0.2) is 0 Å². The summed E-state index contributed by atoms with van der Waals surface area (Å²) in [5.41, 5.74) is 5.05. The van der Waals surface area contributed by atoms with Crippen LogP contribution in [0.3, 0.4) is 0 Å². The number of hydrogen-bond donors (Lipinski definition) is 2. The Morgan fingerprint density at radius 2 is 1.67 bits per heavy atom. The highest BCUT2D eigenvalue weighted by Gasteiger charge is 2.13. The maximum absolute atomic E-state index is 10.9. The minimum absolute atomic E-state index is 0.0345. The number of primary amides is 1. The van der Waals surface area contributed by atoms with Gasteiger partial charge in [0.1, 0.15) is 5.75 Å². The van der Waals surface area contributed by atoms with Crippen molar-refractivity contribution in [2.75, 3.05) is 0 Å². The van der Waals surface area contributed by atoms with Crippen molar-refractivity contribution in [3.63, 3.8) is 0 Å². The van der Waals surface area contributed by atoms with E-state index in [4.69, 9.17) is 5.73 Å². The van der Waals surface area contributed by atoms with Crippen LogP contribution >= 0.6 is 0 Å². The Bertz CT molecular complexity index is 340. The molecule has 1 aromatic carbocycles. The molecule has 0 heterocycles. The molecule has 4 nitrogen and oxygen atoms in total. The standard InChI is InChI=1S/C9H9NO3.C2H6/c1-5(11)6-3-2-4-7(8(6)12)9(10)13;1-2/h2-4,12H,1H3,(H2,10,13);1-2H3. The maximum Gasteiger partial charge on any atom is 0.252 e. The van der Waals surface area contributed by atoms with Crippen molar-refractivity contribution in [2.24, 2.45) is 5.73 Å². The number of hydrogen-bond acceptors (Lipinski definition) is 3. The highest BCUT2D eigenvalue weighted by atomic mass is 16.3. The van der Waals surface area contributed by atoms with Gasteiger partial charge in [0, 0.05) is 0 Å². The SMILES string of the molecule is CC.CC(=O)c1cccc(C(N)=O)c1O. The fourth-order valence-electron chi connectivity index (χ4n) is 1.03. The predicted molar refractivity (Wildman–Crippen MR) is 58.0 cm³/mol. The summed E-state index contributed by atoms with van der Waals surface area (Å²) in [5, 5.41) is 9.41. The van der Waals surface area contributed by atoms with Crippen molar-refractivity contribution < 1.29 is 14.7 Å². The van der Waals surface area contributed by atoms with Gasteiger partial charge < -0.3 is 10.8 Å². The maximum atomic E-state index is 10.9. The number of rotatable bonds is 2. The largest absolute Gasteiger partial charge is 0.506 e. The van der Waals surface area contributed by atoms with Gasteiger partial charge in [-0.1, -0.05) is 19.9 Å². The topological polar surface area (TPSA) is 80.4 Å². The lowest BCUT2D eigenvalue weighted by atomic mass is 10.1. The Morgan fingerprint density at radius 1 is 1.20 bits per heavy atom. The zero-order valence-corrected chi connectivity index (χ0v) is 9.07. The van der Waals surface area contributed by atoms with Crippen LogP contribution in [-0.2, 0) is 0 Å². The molecule has 0 bridgehead atoms. The van der Waals surface area contributed by atoms with E-state index in [0.717, 1.165) is 0 Å². The van der Waals surface area contributed by atoms with Crippen molar-refractivity contribution in [1.82, 2.24) is 0 Å². The second-order valence-electron chi connectivity index (χ2n) is 2.62. The first kappa shape index (κ1) is 13.2. The first-order valence-corrected chi connectivity index (χ1v) is 4.66. The van der Waals surface area contributed by atoms with Crippen LogP contribution in [0.25, 0.3) is 0 Å². The number of Topliss-reactive ketones (excluding diaryl/α,β-unsaturated/α-hetero) is 1. The summed E-state index contributed by atoms with van der Waals surface area (Å²) < 4.78 is 0. The van der Waals surface area contributed by atoms with Crippen molar-refractivity contribution in [1.29, 1.82) is 0 Å². The molecule has 4 heteroatoms.